The lowest BCUT2D eigenvalue weighted by atomic mass is 10.1. The predicted octanol–water partition coefficient (Wildman–Crippen LogP) is 4.96. The maximum absolute atomic E-state index is 11.0. The van der Waals surface area contributed by atoms with Gasteiger partial charge >= 0.3 is 5.97 Å². The summed E-state index contributed by atoms with van der Waals surface area (Å²) in [7, 11) is 0. The Balaban J connectivity index is 1.71. The van der Waals surface area contributed by atoms with Crippen LogP contribution in [0.4, 0.5) is 0 Å². The standard InChI is InChI=1S/C20H21ClO4/c1-2-24-19(12-20(22)23)14-4-8-16(9-5-14)25-18-10-6-13-3-7-15(21)11-17(13)18/h3-5,7-9,11,18-19H,2,6,10,12H2,1H3,(H,22,23). The molecule has 0 heterocycles. The molecule has 0 bridgehead atoms. The molecule has 25 heavy (non-hydrogen) atoms. The number of carbonyl (C=O) groups is 1. The van der Waals surface area contributed by atoms with E-state index in [-0.39, 0.29) is 12.5 Å². The van der Waals surface area contributed by atoms with Gasteiger partial charge in [0.1, 0.15) is 11.9 Å². The van der Waals surface area contributed by atoms with Crippen molar-refractivity contribution in [1.29, 1.82) is 0 Å². The molecule has 132 valence electrons. The van der Waals surface area contributed by atoms with E-state index in [4.69, 9.17) is 26.2 Å². The van der Waals surface area contributed by atoms with Crippen molar-refractivity contribution in [2.24, 2.45) is 0 Å². The third-order valence-electron chi connectivity index (χ3n) is 4.39. The molecule has 2 unspecified atom stereocenters. The van der Waals surface area contributed by atoms with Crippen molar-refractivity contribution in [2.75, 3.05) is 6.61 Å². The minimum absolute atomic E-state index is 0.00117. The van der Waals surface area contributed by atoms with Crippen LogP contribution in [-0.2, 0) is 16.0 Å². The Labute approximate surface area is 152 Å². The number of aliphatic carboxylic acids is 1. The molecule has 0 saturated carbocycles. The summed E-state index contributed by atoms with van der Waals surface area (Å²) in [5, 5.41) is 9.74. The van der Waals surface area contributed by atoms with Crippen LogP contribution in [-0.4, -0.2) is 17.7 Å². The van der Waals surface area contributed by atoms with Crippen LogP contribution in [0, 0.1) is 0 Å². The molecule has 0 aromatic heterocycles. The normalized spacial score (nSPS) is 17.1. The van der Waals surface area contributed by atoms with Crippen LogP contribution in [0.1, 0.15) is 48.7 Å². The van der Waals surface area contributed by atoms with Crippen LogP contribution in [0.2, 0.25) is 5.02 Å². The topological polar surface area (TPSA) is 55.8 Å². The highest BCUT2D eigenvalue weighted by Crippen LogP contribution is 2.36. The SMILES string of the molecule is CCOC(CC(=O)O)c1ccc(OC2CCc3ccc(Cl)cc32)cc1. The van der Waals surface area contributed by atoms with Gasteiger partial charge in [0.05, 0.1) is 12.5 Å². The first-order valence-electron chi connectivity index (χ1n) is 8.45. The zero-order valence-electron chi connectivity index (χ0n) is 14.1. The van der Waals surface area contributed by atoms with Crippen molar-refractivity contribution in [3.63, 3.8) is 0 Å². The maximum atomic E-state index is 11.0. The molecule has 2 aromatic rings. The largest absolute Gasteiger partial charge is 0.486 e. The van der Waals surface area contributed by atoms with Gasteiger partial charge in [-0.3, -0.25) is 4.79 Å². The molecular weight excluding hydrogens is 340 g/mol. The number of halogens is 1. The minimum atomic E-state index is -0.877. The predicted molar refractivity (Wildman–Crippen MR) is 96.2 cm³/mol. The molecule has 0 aliphatic heterocycles. The van der Waals surface area contributed by atoms with E-state index < -0.39 is 12.1 Å². The zero-order chi connectivity index (χ0) is 17.8. The summed E-state index contributed by atoms with van der Waals surface area (Å²) in [5.74, 6) is -0.120. The summed E-state index contributed by atoms with van der Waals surface area (Å²) in [6.07, 6.45) is 1.42. The number of hydrogen-bond donors (Lipinski definition) is 1. The molecule has 1 N–H and O–H groups in total. The Kier molecular flexibility index (Phi) is 5.61. The average molecular weight is 361 g/mol. The summed E-state index contributed by atoms with van der Waals surface area (Å²) in [5.41, 5.74) is 3.27. The minimum Gasteiger partial charge on any atom is -0.486 e. The van der Waals surface area contributed by atoms with Gasteiger partial charge in [0.15, 0.2) is 0 Å². The van der Waals surface area contributed by atoms with E-state index in [1.807, 2.05) is 43.3 Å². The number of ether oxygens (including phenoxy) is 2. The summed E-state index contributed by atoms with van der Waals surface area (Å²) in [4.78, 5) is 11.0. The fourth-order valence-corrected chi connectivity index (χ4v) is 3.40. The Morgan fingerprint density at radius 1 is 1.28 bits per heavy atom. The van der Waals surface area contributed by atoms with Gasteiger partial charge in [0, 0.05) is 11.6 Å². The van der Waals surface area contributed by atoms with Crippen molar-refractivity contribution < 1.29 is 19.4 Å². The Morgan fingerprint density at radius 3 is 2.72 bits per heavy atom. The molecule has 1 aliphatic rings. The first-order valence-corrected chi connectivity index (χ1v) is 8.83. The van der Waals surface area contributed by atoms with Crippen LogP contribution >= 0.6 is 11.6 Å². The zero-order valence-corrected chi connectivity index (χ0v) is 14.8. The number of carboxylic acids is 1. The van der Waals surface area contributed by atoms with Gasteiger partial charge in [-0.25, -0.2) is 0 Å². The highest BCUT2D eigenvalue weighted by Gasteiger charge is 2.24. The first kappa shape index (κ1) is 17.8. The van der Waals surface area contributed by atoms with Gasteiger partial charge in [0.2, 0.25) is 0 Å². The van der Waals surface area contributed by atoms with Crippen LogP contribution in [0.5, 0.6) is 5.75 Å². The van der Waals surface area contributed by atoms with Crippen LogP contribution in [0.15, 0.2) is 42.5 Å². The molecule has 0 spiro atoms. The van der Waals surface area contributed by atoms with Gasteiger partial charge in [-0.15, -0.1) is 0 Å². The fraction of sp³-hybridized carbons (Fsp3) is 0.350. The lowest BCUT2D eigenvalue weighted by Crippen LogP contribution is -2.10. The highest BCUT2D eigenvalue weighted by atomic mass is 35.5. The average Bonchev–Trinajstić information content (AvgIpc) is 2.97. The van der Waals surface area contributed by atoms with Gasteiger partial charge < -0.3 is 14.6 Å². The summed E-state index contributed by atoms with van der Waals surface area (Å²) in [6, 6.07) is 13.4. The van der Waals surface area contributed by atoms with Crippen LogP contribution in [0.3, 0.4) is 0 Å². The van der Waals surface area contributed by atoms with Gasteiger partial charge in [-0.2, -0.15) is 0 Å². The smallest absolute Gasteiger partial charge is 0.306 e. The van der Waals surface area contributed by atoms with E-state index >= 15 is 0 Å². The van der Waals surface area contributed by atoms with E-state index in [1.54, 1.807) is 0 Å². The number of carboxylic acid groups (broad SMARTS) is 1. The van der Waals surface area contributed by atoms with E-state index in [1.165, 1.54) is 5.56 Å². The second kappa shape index (κ2) is 7.89. The van der Waals surface area contributed by atoms with E-state index in [0.717, 1.165) is 34.7 Å². The van der Waals surface area contributed by atoms with Crippen molar-refractivity contribution >= 4 is 17.6 Å². The molecule has 2 atom stereocenters. The molecule has 0 amide bonds. The number of aryl methyl sites for hydroxylation is 1. The second-order valence-corrected chi connectivity index (χ2v) is 6.54. The van der Waals surface area contributed by atoms with Crippen molar-refractivity contribution in [3.05, 3.63) is 64.2 Å². The Bertz CT molecular complexity index is 742. The number of benzene rings is 2. The number of fused-ring (bicyclic) bond motifs is 1. The first-order chi connectivity index (χ1) is 12.1. The molecule has 3 rings (SSSR count). The summed E-state index contributed by atoms with van der Waals surface area (Å²) < 4.78 is 11.7. The second-order valence-electron chi connectivity index (χ2n) is 6.10. The van der Waals surface area contributed by atoms with E-state index in [0.29, 0.717) is 6.61 Å². The molecule has 1 aliphatic carbocycles. The molecule has 0 radical (unpaired) electrons. The summed E-state index contributed by atoms with van der Waals surface area (Å²) >= 11 is 6.10. The highest BCUT2D eigenvalue weighted by molar-refractivity contribution is 6.30. The van der Waals surface area contributed by atoms with Gasteiger partial charge in [-0.05, 0) is 60.7 Å². The molecular formula is C20H21ClO4. The lowest BCUT2D eigenvalue weighted by Gasteiger charge is -2.18. The Hall–Kier alpha value is -2.04. The number of hydrogen-bond acceptors (Lipinski definition) is 3. The Morgan fingerprint density at radius 2 is 2.04 bits per heavy atom. The number of rotatable bonds is 7. The monoisotopic (exact) mass is 360 g/mol. The summed E-state index contributed by atoms with van der Waals surface area (Å²) in [6.45, 7) is 2.32. The molecule has 5 heteroatoms. The molecule has 2 aromatic carbocycles. The van der Waals surface area contributed by atoms with Crippen molar-refractivity contribution in [2.45, 2.75) is 38.4 Å². The van der Waals surface area contributed by atoms with E-state index in [9.17, 15) is 4.79 Å². The van der Waals surface area contributed by atoms with Crippen LogP contribution < -0.4 is 4.74 Å². The quantitative estimate of drug-likeness (QED) is 0.758. The van der Waals surface area contributed by atoms with E-state index in [2.05, 4.69) is 6.07 Å². The van der Waals surface area contributed by atoms with Crippen molar-refractivity contribution in [1.82, 2.24) is 0 Å². The molecule has 4 nitrogen and oxygen atoms in total. The third kappa shape index (κ3) is 4.33. The fourth-order valence-electron chi connectivity index (χ4n) is 3.22. The maximum Gasteiger partial charge on any atom is 0.306 e. The van der Waals surface area contributed by atoms with Crippen LogP contribution in [0.25, 0.3) is 0 Å². The molecule has 0 saturated heterocycles. The van der Waals surface area contributed by atoms with Gasteiger partial charge in [0.25, 0.3) is 0 Å². The molecule has 0 fully saturated rings. The van der Waals surface area contributed by atoms with Gasteiger partial charge in [-0.1, -0.05) is 29.8 Å². The van der Waals surface area contributed by atoms with Crippen molar-refractivity contribution in [3.8, 4) is 5.75 Å². The third-order valence-corrected chi connectivity index (χ3v) is 4.62. The lowest BCUT2D eigenvalue weighted by molar-refractivity contribution is -0.140.